The SMILES string of the molecule is CC(C)C1CCCCC12C(=O)NC(=O)NC2=O. The first-order valence-corrected chi connectivity index (χ1v) is 6.15. The summed E-state index contributed by atoms with van der Waals surface area (Å²) < 4.78 is 0. The molecule has 1 aliphatic heterocycles. The molecule has 17 heavy (non-hydrogen) atoms. The molecule has 94 valence electrons. The molecular weight excluding hydrogens is 220 g/mol. The van der Waals surface area contributed by atoms with Crippen molar-refractivity contribution in [3.8, 4) is 0 Å². The molecule has 2 aliphatic rings. The molecule has 1 unspecified atom stereocenters. The van der Waals surface area contributed by atoms with Gasteiger partial charge in [0.05, 0.1) is 0 Å². The van der Waals surface area contributed by atoms with Crippen molar-refractivity contribution in [2.75, 3.05) is 0 Å². The van der Waals surface area contributed by atoms with Crippen molar-refractivity contribution in [2.24, 2.45) is 17.3 Å². The number of nitrogens with one attached hydrogen (secondary N) is 2. The molecule has 2 N–H and O–H groups in total. The lowest BCUT2D eigenvalue weighted by atomic mass is 9.60. The van der Waals surface area contributed by atoms with Crippen molar-refractivity contribution < 1.29 is 14.4 Å². The number of rotatable bonds is 1. The van der Waals surface area contributed by atoms with Gasteiger partial charge in [-0.05, 0) is 24.7 Å². The highest BCUT2D eigenvalue weighted by Crippen LogP contribution is 2.46. The van der Waals surface area contributed by atoms with E-state index < -0.39 is 23.3 Å². The Bertz CT molecular complexity index is 356. The maximum atomic E-state index is 12.1. The molecule has 1 saturated carbocycles. The number of amides is 4. The number of imide groups is 2. The molecule has 0 aromatic heterocycles. The van der Waals surface area contributed by atoms with Gasteiger partial charge in [0.15, 0.2) is 0 Å². The second kappa shape index (κ2) is 4.13. The quantitative estimate of drug-likeness (QED) is 0.674. The number of urea groups is 1. The molecule has 0 aromatic carbocycles. The molecule has 1 heterocycles. The highest BCUT2D eigenvalue weighted by Gasteiger charge is 2.56. The van der Waals surface area contributed by atoms with Crippen molar-refractivity contribution in [1.29, 1.82) is 0 Å². The highest BCUT2D eigenvalue weighted by atomic mass is 16.2. The van der Waals surface area contributed by atoms with Crippen LogP contribution < -0.4 is 10.6 Å². The summed E-state index contributed by atoms with van der Waals surface area (Å²) in [5, 5.41) is 4.49. The Labute approximate surface area is 100 Å². The van der Waals surface area contributed by atoms with Crippen LogP contribution in [0.5, 0.6) is 0 Å². The van der Waals surface area contributed by atoms with Gasteiger partial charge in [0.2, 0.25) is 11.8 Å². The summed E-state index contributed by atoms with van der Waals surface area (Å²) in [6.45, 7) is 4.05. The molecule has 2 rings (SSSR count). The van der Waals surface area contributed by atoms with Crippen molar-refractivity contribution in [1.82, 2.24) is 10.6 Å². The molecule has 1 spiro atoms. The third-order valence-electron chi connectivity index (χ3n) is 4.04. The zero-order chi connectivity index (χ0) is 12.6. The number of carbonyl (C=O) groups is 3. The van der Waals surface area contributed by atoms with E-state index in [1.807, 2.05) is 13.8 Å². The van der Waals surface area contributed by atoms with Gasteiger partial charge in [0.25, 0.3) is 0 Å². The Hall–Kier alpha value is -1.39. The predicted octanol–water partition coefficient (Wildman–Crippen LogP) is 1.18. The summed E-state index contributed by atoms with van der Waals surface area (Å²) in [4.78, 5) is 35.4. The minimum absolute atomic E-state index is 0.0179. The van der Waals surface area contributed by atoms with Crippen LogP contribution in [0.3, 0.4) is 0 Å². The smallest absolute Gasteiger partial charge is 0.277 e. The van der Waals surface area contributed by atoms with Gasteiger partial charge in [0.1, 0.15) is 5.41 Å². The van der Waals surface area contributed by atoms with Gasteiger partial charge >= 0.3 is 6.03 Å². The van der Waals surface area contributed by atoms with Gasteiger partial charge in [-0.15, -0.1) is 0 Å². The number of hydrogen-bond acceptors (Lipinski definition) is 3. The van der Waals surface area contributed by atoms with Crippen LogP contribution in [0.25, 0.3) is 0 Å². The summed E-state index contributed by atoms with van der Waals surface area (Å²) in [5.74, 6) is -0.557. The molecule has 5 heteroatoms. The predicted molar refractivity (Wildman–Crippen MR) is 60.9 cm³/mol. The van der Waals surface area contributed by atoms with E-state index in [2.05, 4.69) is 10.6 Å². The molecule has 5 nitrogen and oxygen atoms in total. The van der Waals surface area contributed by atoms with Crippen LogP contribution >= 0.6 is 0 Å². The standard InChI is InChI=1S/C12H18N2O3/c1-7(2)8-5-3-4-6-12(8)9(15)13-11(17)14-10(12)16/h7-8H,3-6H2,1-2H3,(H2,13,14,15,16,17). The van der Waals surface area contributed by atoms with E-state index >= 15 is 0 Å². The number of carbonyl (C=O) groups excluding carboxylic acids is 3. The molecule has 4 amide bonds. The molecule has 0 aromatic rings. The Balaban J connectivity index is 2.39. The van der Waals surface area contributed by atoms with E-state index in [4.69, 9.17) is 0 Å². The first-order valence-electron chi connectivity index (χ1n) is 6.15. The molecule has 0 bridgehead atoms. The Kier molecular flexibility index (Phi) is 2.93. The maximum absolute atomic E-state index is 12.1. The average Bonchev–Trinajstić information content (AvgIpc) is 2.26. The molecular formula is C12H18N2O3. The van der Waals surface area contributed by atoms with Gasteiger partial charge in [0, 0.05) is 0 Å². The lowest BCUT2D eigenvalue weighted by Gasteiger charge is -2.44. The van der Waals surface area contributed by atoms with Gasteiger partial charge in [-0.3, -0.25) is 20.2 Å². The zero-order valence-corrected chi connectivity index (χ0v) is 10.2. The summed E-state index contributed by atoms with van der Waals surface area (Å²) in [6, 6.07) is -0.696. The van der Waals surface area contributed by atoms with E-state index in [1.165, 1.54) is 0 Å². The van der Waals surface area contributed by atoms with Crippen LogP contribution in [0.1, 0.15) is 39.5 Å². The van der Waals surface area contributed by atoms with Crippen LogP contribution in [0.15, 0.2) is 0 Å². The first kappa shape index (κ1) is 12.1. The third kappa shape index (κ3) is 1.73. The van der Waals surface area contributed by atoms with Crippen LogP contribution in [-0.2, 0) is 9.59 Å². The number of barbiturate groups is 1. The summed E-state index contributed by atoms with van der Waals surface area (Å²) in [7, 11) is 0. The zero-order valence-electron chi connectivity index (χ0n) is 10.2. The van der Waals surface area contributed by atoms with Crippen LogP contribution in [0.2, 0.25) is 0 Å². The summed E-state index contributed by atoms with van der Waals surface area (Å²) in [6.07, 6.45) is 3.31. The molecule has 1 aliphatic carbocycles. The first-order chi connectivity index (χ1) is 7.98. The second-order valence-electron chi connectivity index (χ2n) is 5.31. The largest absolute Gasteiger partial charge is 0.328 e. The van der Waals surface area contributed by atoms with Crippen molar-refractivity contribution in [3.63, 3.8) is 0 Å². The van der Waals surface area contributed by atoms with Gasteiger partial charge < -0.3 is 0 Å². The topological polar surface area (TPSA) is 75.3 Å². The fourth-order valence-corrected chi connectivity index (χ4v) is 3.23. The lowest BCUT2D eigenvalue weighted by Crippen LogP contribution is -2.66. The van der Waals surface area contributed by atoms with E-state index in [1.54, 1.807) is 0 Å². The molecule has 1 atom stereocenters. The van der Waals surface area contributed by atoms with Crippen molar-refractivity contribution >= 4 is 17.8 Å². The molecule has 1 saturated heterocycles. The van der Waals surface area contributed by atoms with Crippen molar-refractivity contribution in [2.45, 2.75) is 39.5 Å². The Morgan fingerprint density at radius 3 is 2.24 bits per heavy atom. The summed E-state index contributed by atoms with van der Waals surface area (Å²) in [5.41, 5.74) is -1.03. The lowest BCUT2D eigenvalue weighted by molar-refractivity contribution is -0.152. The molecule has 2 fully saturated rings. The van der Waals surface area contributed by atoms with Crippen molar-refractivity contribution in [3.05, 3.63) is 0 Å². The van der Waals surface area contributed by atoms with E-state index in [9.17, 15) is 14.4 Å². The van der Waals surface area contributed by atoms with E-state index in [0.29, 0.717) is 6.42 Å². The van der Waals surface area contributed by atoms with E-state index in [-0.39, 0.29) is 11.8 Å². The fourth-order valence-electron chi connectivity index (χ4n) is 3.23. The van der Waals surface area contributed by atoms with Crippen LogP contribution in [0, 0.1) is 17.3 Å². The Morgan fingerprint density at radius 1 is 1.12 bits per heavy atom. The minimum atomic E-state index is -1.03. The van der Waals surface area contributed by atoms with Crippen LogP contribution in [0.4, 0.5) is 4.79 Å². The van der Waals surface area contributed by atoms with Crippen LogP contribution in [-0.4, -0.2) is 17.8 Å². The minimum Gasteiger partial charge on any atom is -0.277 e. The third-order valence-corrected chi connectivity index (χ3v) is 4.04. The highest BCUT2D eigenvalue weighted by molar-refractivity contribution is 6.19. The van der Waals surface area contributed by atoms with Gasteiger partial charge in [-0.25, -0.2) is 4.79 Å². The summed E-state index contributed by atoms with van der Waals surface area (Å²) >= 11 is 0. The fraction of sp³-hybridized carbons (Fsp3) is 0.750. The maximum Gasteiger partial charge on any atom is 0.328 e. The monoisotopic (exact) mass is 238 g/mol. The van der Waals surface area contributed by atoms with Gasteiger partial charge in [-0.2, -0.15) is 0 Å². The molecule has 0 radical (unpaired) electrons. The van der Waals surface area contributed by atoms with E-state index in [0.717, 1.165) is 19.3 Å². The number of hydrogen-bond donors (Lipinski definition) is 2. The second-order valence-corrected chi connectivity index (χ2v) is 5.31. The average molecular weight is 238 g/mol. The Morgan fingerprint density at radius 2 is 1.71 bits per heavy atom. The van der Waals surface area contributed by atoms with Gasteiger partial charge in [-0.1, -0.05) is 26.7 Å². The normalized spacial score (nSPS) is 28.2.